The number of amides is 1. The Balaban J connectivity index is 1.57. The van der Waals surface area contributed by atoms with Crippen LogP contribution in [0.1, 0.15) is 52.9 Å². The smallest absolute Gasteiger partial charge is 0.410 e. The summed E-state index contributed by atoms with van der Waals surface area (Å²) in [5, 5.41) is 0.390. The molecular formula is C30H35ClF2N4O4. The first-order chi connectivity index (χ1) is 19.6. The monoisotopic (exact) mass is 588 g/mol. The van der Waals surface area contributed by atoms with Gasteiger partial charge in [-0.3, -0.25) is 0 Å². The number of ether oxygens (including phenoxy) is 2. The molecule has 0 N–H and O–H groups in total. The Morgan fingerprint density at radius 2 is 1.78 bits per heavy atom. The average molecular weight is 589 g/mol. The van der Waals surface area contributed by atoms with Crippen LogP contribution in [-0.2, 0) is 9.53 Å². The number of fused-ring (bicyclic) bond motifs is 1. The van der Waals surface area contributed by atoms with Crippen LogP contribution in [-0.4, -0.2) is 65.6 Å². The van der Waals surface area contributed by atoms with Gasteiger partial charge in [0.1, 0.15) is 41.1 Å². The fraction of sp³-hybridized carbons (Fsp3) is 0.467. The quantitative estimate of drug-likeness (QED) is 0.190. The van der Waals surface area contributed by atoms with E-state index in [0.29, 0.717) is 56.8 Å². The molecule has 1 saturated heterocycles. The van der Waals surface area contributed by atoms with Crippen LogP contribution in [0.4, 0.5) is 19.4 Å². The number of piperazine rings is 1. The van der Waals surface area contributed by atoms with Crippen molar-refractivity contribution in [1.29, 1.82) is 0 Å². The lowest BCUT2D eigenvalue weighted by Crippen LogP contribution is -2.50. The van der Waals surface area contributed by atoms with Crippen molar-refractivity contribution in [3.05, 3.63) is 47.2 Å². The molecule has 0 radical (unpaired) electrons. The Morgan fingerprint density at radius 3 is 2.49 bits per heavy atom. The fourth-order valence-corrected chi connectivity index (χ4v) is 5.04. The number of hydrogen-bond donors (Lipinski definition) is 0. The van der Waals surface area contributed by atoms with Crippen molar-refractivity contribution >= 4 is 40.7 Å². The first-order valence-corrected chi connectivity index (χ1v) is 14.2. The number of rotatable bonds is 10. The van der Waals surface area contributed by atoms with Gasteiger partial charge < -0.3 is 24.1 Å². The van der Waals surface area contributed by atoms with Crippen molar-refractivity contribution in [3.63, 3.8) is 0 Å². The van der Waals surface area contributed by atoms with Crippen LogP contribution >= 0.6 is 11.6 Å². The molecule has 3 aromatic rings. The number of aromatic nitrogens is 2. The van der Waals surface area contributed by atoms with E-state index in [0.717, 1.165) is 25.5 Å². The topological polar surface area (TPSA) is 84.9 Å². The highest BCUT2D eigenvalue weighted by molar-refractivity contribution is 6.34. The normalized spacial score (nSPS) is 13.9. The van der Waals surface area contributed by atoms with Gasteiger partial charge in [-0.25, -0.2) is 23.5 Å². The molecule has 8 nitrogen and oxygen atoms in total. The zero-order valence-electron chi connectivity index (χ0n) is 23.6. The van der Waals surface area contributed by atoms with Gasteiger partial charge in [-0.15, -0.1) is 0 Å². The zero-order valence-corrected chi connectivity index (χ0v) is 24.3. The maximum atomic E-state index is 16.1. The number of carbonyl (C=O) groups is 2. The third-order valence-corrected chi connectivity index (χ3v) is 7.03. The molecule has 0 saturated carbocycles. The summed E-state index contributed by atoms with van der Waals surface area (Å²) in [5.41, 5.74) is -0.779. The summed E-state index contributed by atoms with van der Waals surface area (Å²) in [7, 11) is 0. The minimum atomic E-state index is -0.771. The van der Waals surface area contributed by atoms with Gasteiger partial charge >= 0.3 is 6.09 Å². The number of benzene rings is 2. The van der Waals surface area contributed by atoms with Crippen LogP contribution < -0.4 is 9.64 Å². The van der Waals surface area contributed by atoms with E-state index in [1.165, 1.54) is 18.5 Å². The second-order valence-electron chi connectivity index (χ2n) is 10.9. The van der Waals surface area contributed by atoms with Crippen LogP contribution in [0.25, 0.3) is 22.0 Å². The highest BCUT2D eigenvalue weighted by Crippen LogP contribution is 2.42. The number of hydrogen-bond acceptors (Lipinski definition) is 7. The Kier molecular flexibility index (Phi) is 9.96. The summed E-state index contributed by atoms with van der Waals surface area (Å²) in [5.74, 6) is -0.773. The molecule has 1 aliphatic heterocycles. The van der Waals surface area contributed by atoms with Crippen LogP contribution in [0.15, 0.2) is 30.6 Å². The largest absolute Gasteiger partial charge is 0.493 e. The van der Waals surface area contributed by atoms with Crippen LogP contribution in [0.5, 0.6) is 5.75 Å². The Bertz CT molecular complexity index is 1390. The first kappa shape index (κ1) is 30.4. The van der Waals surface area contributed by atoms with Gasteiger partial charge in [0.05, 0.1) is 17.2 Å². The predicted molar refractivity (Wildman–Crippen MR) is 155 cm³/mol. The van der Waals surface area contributed by atoms with E-state index in [-0.39, 0.29) is 33.5 Å². The lowest BCUT2D eigenvalue weighted by atomic mass is 10.0. The third kappa shape index (κ3) is 7.41. The number of aldehydes is 1. The summed E-state index contributed by atoms with van der Waals surface area (Å²) in [6.45, 7) is 7.47. The molecule has 1 fully saturated rings. The predicted octanol–water partition coefficient (Wildman–Crippen LogP) is 6.81. The van der Waals surface area contributed by atoms with Crippen molar-refractivity contribution in [1.82, 2.24) is 14.9 Å². The van der Waals surface area contributed by atoms with E-state index in [1.54, 1.807) is 17.0 Å². The Hall–Kier alpha value is -3.53. The van der Waals surface area contributed by atoms with Crippen LogP contribution in [0.3, 0.4) is 0 Å². The van der Waals surface area contributed by atoms with Crippen molar-refractivity contribution in [2.24, 2.45) is 0 Å². The van der Waals surface area contributed by atoms with Gasteiger partial charge in [-0.1, -0.05) is 30.5 Å². The van der Waals surface area contributed by atoms with Crippen molar-refractivity contribution in [3.8, 4) is 16.9 Å². The molecular weight excluding hydrogens is 554 g/mol. The lowest BCUT2D eigenvalue weighted by molar-refractivity contribution is -0.107. The number of halogens is 3. The van der Waals surface area contributed by atoms with E-state index in [1.807, 2.05) is 25.7 Å². The zero-order chi connectivity index (χ0) is 29.6. The van der Waals surface area contributed by atoms with E-state index >= 15 is 8.78 Å². The van der Waals surface area contributed by atoms with E-state index in [2.05, 4.69) is 9.97 Å². The van der Waals surface area contributed by atoms with Gasteiger partial charge in [-0.05, 0) is 51.8 Å². The minimum Gasteiger partial charge on any atom is -0.493 e. The molecule has 4 rings (SSSR count). The highest BCUT2D eigenvalue weighted by Gasteiger charge is 2.29. The molecule has 0 bridgehead atoms. The van der Waals surface area contributed by atoms with Gasteiger partial charge in [-0.2, -0.15) is 0 Å². The summed E-state index contributed by atoms with van der Waals surface area (Å²) in [6.07, 6.45) is 5.58. The van der Waals surface area contributed by atoms with Crippen molar-refractivity contribution in [2.45, 2.75) is 58.5 Å². The number of unbranched alkanes of at least 4 members (excludes halogenated alkanes) is 4. The number of anilines is 1. The molecule has 11 heteroatoms. The maximum Gasteiger partial charge on any atom is 0.410 e. The first-order valence-electron chi connectivity index (χ1n) is 13.8. The third-order valence-electron chi connectivity index (χ3n) is 6.73. The summed E-state index contributed by atoms with van der Waals surface area (Å²) >= 11 is 6.62. The standard InChI is InChI=1S/C30H35ClF2N4O4/c1-30(2,3)41-29(39)37-14-12-36(13-15-37)28-20-18-21(31)24(26(33)27(20)34-19-35-28)25-22(32)10-9-11-23(25)40-17-8-6-4-5-7-16-38/h9-11,16,18-19H,4-8,12-15,17H2,1-3H3. The molecule has 2 aromatic carbocycles. The van der Waals surface area contributed by atoms with E-state index in [9.17, 15) is 9.59 Å². The second kappa shape index (κ2) is 13.4. The Morgan fingerprint density at radius 1 is 1.05 bits per heavy atom. The maximum absolute atomic E-state index is 16.1. The molecule has 2 heterocycles. The molecule has 0 atom stereocenters. The summed E-state index contributed by atoms with van der Waals surface area (Å²) in [4.78, 5) is 35.1. The summed E-state index contributed by atoms with van der Waals surface area (Å²) in [6, 6.07) is 5.87. The lowest BCUT2D eigenvalue weighted by Gasteiger charge is -2.36. The molecule has 0 aliphatic carbocycles. The molecule has 1 aliphatic rings. The minimum absolute atomic E-state index is 0.00209. The highest BCUT2D eigenvalue weighted by atomic mass is 35.5. The molecule has 41 heavy (non-hydrogen) atoms. The molecule has 1 amide bonds. The van der Waals surface area contributed by atoms with Crippen LogP contribution in [0.2, 0.25) is 5.02 Å². The molecule has 0 unspecified atom stereocenters. The van der Waals surface area contributed by atoms with Gasteiger partial charge in [0, 0.05) is 43.5 Å². The SMILES string of the molecule is CC(C)(C)OC(=O)N1CCN(c2ncnc3c(F)c(-c4c(F)cccc4OCCCCCCC=O)c(Cl)cc23)CC1. The number of nitrogens with zero attached hydrogens (tertiary/aromatic N) is 4. The number of carbonyl (C=O) groups excluding carboxylic acids is 2. The van der Waals surface area contributed by atoms with Crippen molar-refractivity contribution < 1.29 is 27.8 Å². The summed E-state index contributed by atoms with van der Waals surface area (Å²) < 4.78 is 42.6. The molecule has 0 spiro atoms. The van der Waals surface area contributed by atoms with Crippen LogP contribution in [0, 0.1) is 11.6 Å². The van der Waals surface area contributed by atoms with Gasteiger partial charge in [0.2, 0.25) is 0 Å². The Labute approximate surface area is 243 Å². The molecule has 220 valence electrons. The molecule has 1 aromatic heterocycles. The second-order valence-corrected chi connectivity index (χ2v) is 11.3. The van der Waals surface area contributed by atoms with Gasteiger partial charge in [0.15, 0.2) is 5.82 Å². The van der Waals surface area contributed by atoms with Crippen molar-refractivity contribution in [2.75, 3.05) is 37.7 Å². The van der Waals surface area contributed by atoms with Gasteiger partial charge in [0.25, 0.3) is 0 Å². The average Bonchev–Trinajstić information content (AvgIpc) is 2.92. The fourth-order valence-electron chi connectivity index (χ4n) is 4.76. The van der Waals surface area contributed by atoms with E-state index < -0.39 is 17.2 Å². The van der Waals surface area contributed by atoms with E-state index in [4.69, 9.17) is 21.1 Å².